The lowest BCUT2D eigenvalue weighted by atomic mass is 9.48. The van der Waals surface area contributed by atoms with Crippen LogP contribution in [-0.2, 0) is 13.2 Å². The Hall–Kier alpha value is -1.32. The van der Waals surface area contributed by atoms with Gasteiger partial charge in [-0.25, -0.2) is 0 Å². The highest BCUT2D eigenvalue weighted by Gasteiger charge is 2.52. The highest BCUT2D eigenvalue weighted by molar-refractivity contribution is 9.10. The number of nitrogens with one attached hydrogen (secondary N) is 1. The lowest BCUT2D eigenvalue weighted by Gasteiger charge is -2.59. The maximum atomic E-state index is 6.20. The molecule has 0 aliphatic heterocycles. The van der Waals surface area contributed by atoms with Gasteiger partial charge < -0.3 is 10.1 Å². The van der Waals surface area contributed by atoms with Gasteiger partial charge in [0.1, 0.15) is 12.4 Å². The van der Waals surface area contributed by atoms with E-state index < -0.39 is 0 Å². The molecule has 0 amide bonds. The van der Waals surface area contributed by atoms with E-state index in [0.29, 0.717) is 18.1 Å². The Kier molecular flexibility index (Phi) is 5.47. The van der Waals surface area contributed by atoms with Crippen molar-refractivity contribution in [3.8, 4) is 5.75 Å². The average molecular weight is 454 g/mol. The third kappa shape index (κ3) is 4.14. The first-order valence-corrected chi connectivity index (χ1v) is 12.1. The van der Waals surface area contributed by atoms with Crippen molar-refractivity contribution in [2.45, 2.75) is 64.6 Å². The molecular formula is C26H32BrNO. The molecule has 1 atom stereocenters. The Morgan fingerprint density at radius 1 is 1.00 bits per heavy atom. The van der Waals surface area contributed by atoms with Crippen molar-refractivity contribution in [1.29, 1.82) is 0 Å². The van der Waals surface area contributed by atoms with E-state index in [0.717, 1.165) is 34.5 Å². The molecule has 1 N–H and O–H groups in total. The third-order valence-electron chi connectivity index (χ3n) is 7.86. The van der Waals surface area contributed by atoms with Crippen LogP contribution in [0.15, 0.2) is 53.0 Å². The molecule has 4 bridgehead atoms. The van der Waals surface area contributed by atoms with Crippen LogP contribution in [0.2, 0.25) is 0 Å². The molecule has 0 aromatic heterocycles. The van der Waals surface area contributed by atoms with E-state index in [1.165, 1.54) is 49.7 Å². The zero-order valence-electron chi connectivity index (χ0n) is 17.4. The summed E-state index contributed by atoms with van der Waals surface area (Å²) in [4.78, 5) is 0. The number of halogens is 1. The first-order chi connectivity index (χ1) is 14.1. The Bertz CT molecular complexity index is 814. The fourth-order valence-corrected chi connectivity index (χ4v) is 7.16. The van der Waals surface area contributed by atoms with Crippen molar-refractivity contribution >= 4 is 15.9 Å². The van der Waals surface area contributed by atoms with Gasteiger partial charge in [0, 0.05) is 22.6 Å². The summed E-state index contributed by atoms with van der Waals surface area (Å²) in [6.07, 6.45) is 8.87. The third-order valence-corrected chi connectivity index (χ3v) is 8.36. The number of ether oxygens (including phenoxy) is 1. The zero-order chi connectivity index (χ0) is 19.8. The number of benzene rings is 2. The van der Waals surface area contributed by atoms with Crippen molar-refractivity contribution in [3.05, 3.63) is 64.1 Å². The summed E-state index contributed by atoms with van der Waals surface area (Å²) >= 11 is 3.65. The monoisotopic (exact) mass is 453 g/mol. The van der Waals surface area contributed by atoms with Crippen LogP contribution >= 0.6 is 15.9 Å². The number of hydrogen-bond donors (Lipinski definition) is 1. The molecule has 2 nitrogen and oxygen atoms in total. The molecule has 3 heteroatoms. The number of rotatable bonds is 7. The quantitative estimate of drug-likeness (QED) is 0.501. The summed E-state index contributed by atoms with van der Waals surface area (Å²) in [5, 5.41) is 3.92. The van der Waals surface area contributed by atoms with Crippen LogP contribution in [0, 0.1) is 23.2 Å². The van der Waals surface area contributed by atoms with Crippen molar-refractivity contribution in [2.24, 2.45) is 23.2 Å². The van der Waals surface area contributed by atoms with Gasteiger partial charge in [-0.2, -0.15) is 0 Å². The van der Waals surface area contributed by atoms with E-state index in [9.17, 15) is 0 Å². The van der Waals surface area contributed by atoms with Crippen LogP contribution in [0.1, 0.15) is 56.6 Å². The summed E-state index contributed by atoms with van der Waals surface area (Å²) in [6.45, 7) is 3.92. The molecule has 6 rings (SSSR count). The molecule has 2 aromatic carbocycles. The summed E-state index contributed by atoms with van der Waals surface area (Å²) in [5.74, 6) is 3.99. The lowest BCUT2D eigenvalue weighted by Crippen LogP contribution is -2.54. The standard InChI is InChI=1S/C26H32BrNO/c1-18(26-13-20-9-21(14-26)11-22(10-20)15-26)28-16-23-12-24(27)7-8-25(23)29-17-19-5-3-2-4-6-19/h2-8,12,18,20-22,28H,9-11,13-17H2,1H3/t18-,20?,21?,22?,26?/m0/s1. The summed E-state index contributed by atoms with van der Waals surface area (Å²) in [6, 6.07) is 17.4. The van der Waals surface area contributed by atoms with Crippen molar-refractivity contribution in [1.82, 2.24) is 5.32 Å². The summed E-state index contributed by atoms with van der Waals surface area (Å²) < 4.78 is 7.31. The van der Waals surface area contributed by atoms with Gasteiger partial charge in [0.2, 0.25) is 0 Å². The molecule has 0 unspecified atom stereocenters. The molecule has 0 radical (unpaired) electrons. The Morgan fingerprint density at radius 3 is 2.31 bits per heavy atom. The van der Waals surface area contributed by atoms with E-state index in [1.807, 2.05) is 6.07 Å². The highest BCUT2D eigenvalue weighted by Crippen LogP contribution is 2.61. The maximum absolute atomic E-state index is 6.20. The fraction of sp³-hybridized carbons (Fsp3) is 0.538. The molecule has 4 aliphatic rings. The van der Waals surface area contributed by atoms with E-state index >= 15 is 0 Å². The Morgan fingerprint density at radius 2 is 1.66 bits per heavy atom. The van der Waals surface area contributed by atoms with Gasteiger partial charge in [0.15, 0.2) is 0 Å². The number of hydrogen-bond acceptors (Lipinski definition) is 2. The molecule has 0 heterocycles. The van der Waals surface area contributed by atoms with Crippen LogP contribution in [0.5, 0.6) is 5.75 Å². The molecule has 2 aromatic rings. The minimum atomic E-state index is 0.534. The van der Waals surface area contributed by atoms with Crippen molar-refractivity contribution < 1.29 is 4.74 Å². The Labute approximate surface area is 183 Å². The van der Waals surface area contributed by atoms with Crippen molar-refractivity contribution in [3.63, 3.8) is 0 Å². The van der Waals surface area contributed by atoms with Gasteiger partial charge in [0.25, 0.3) is 0 Å². The first kappa shape index (κ1) is 19.6. The molecule has 154 valence electrons. The molecule has 4 fully saturated rings. The molecule has 0 saturated heterocycles. The SMILES string of the molecule is C[C@H](NCc1cc(Br)ccc1OCc1ccccc1)C12CC3CC(CC(C3)C1)C2. The fourth-order valence-electron chi connectivity index (χ4n) is 6.75. The van der Waals surface area contributed by atoms with Crippen LogP contribution in [-0.4, -0.2) is 6.04 Å². The van der Waals surface area contributed by atoms with Crippen LogP contribution < -0.4 is 10.1 Å². The minimum absolute atomic E-state index is 0.534. The van der Waals surface area contributed by atoms with Gasteiger partial charge in [-0.15, -0.1) is 0 Å². The Balaban J connectivity index is 1.26. The summed E-state index contributed by atoms with van der Waals surface area (Å²) in [5.41, 5.74) is 2.98. The molecule has 29 heavy (non-hydrogen) atoms. The summed E-state index contributed by atoms with van der Waals surface area (Å²) in [7, 11) is 0. The molecule has 4 aliphatic carbocycles. The topological polar surface area (TPSA) is 21.3 Å². The van der Waals surface area contributed by atoms with Gasteiger partial charge in [0.05, 0.1) is 0 Å². The minimum Gasteiger partial charge on any atom is -0.489 e. The second-order valence-electron chi connectivity index (χ2n) is 9.91. The van der Waals surface area contributed by atoms with Crippen LogP contribution in [0.3, 0.4) is 0 Å². The van der Waals surface area contributed by atoms with Crippen LogP contribution in [0.4, 0.5) is 0 Å². The molecular weight excluding hydrogens is 422 g/mol. The van der Waals surface area contributed by atoms with E-state index in [4.69, 9.17) is 4.74 Å². The highest BCUT2D eigenvalue weighted by atomic mass is 79.9. The van der Waals surface area contributed by atoms with Crippen molar-refractivity contribution in [2.75, 3.05) is 0 Å². The van der Waals surface area contributed by atoms with Gasteiger partial charge in [-0.1, -0.05) is 46.3 Å². The van der Waals surface area contributed by atoms with E-state index in [-0.39, 0.29) is 0 Å². The molecule has 0 spiro atoms. The normalized spacial score (nSPS) is 31.0. The lowest BCUT2D eigenvalue weighted by molar-refractivity contribution is -0.0706. The smallest absolute Gasteiger partial charge is 0.124 e. The molecule has 4 saturated carbocycles. The van der Waals surface area contributed by atoms with Crippen LogP contribution in [0.25, 0.3) is 0 Å². The van der Waals surface area contributed by atoms with Gasteiger partial charge >= 0.3 is 0 Å². The largest absolute Gasteiger partial charge is 0.489 e. The second-order valence-corrected chi connectivity index (χ2v) is 10.8. The first-order valence-electron chi connectivity index (χ1n) is 11.3. The van der Waals surface area contributed by atoms with Gasteiger partial charge in [-0.3, -0.25) is 0 Å². The van der Waals surface area contributed by atoms with E-state index in [2.05, 4.69) is 70.6 Å². The van der Waals surface area contributed by atoms with E-state index in [1.54, 1.807) is 0 Å². The van der Waals surface area contributed by atoms with Gasteiger partial charge in [-0.05, 0) is 92.4 Å². The average Bonchev–Trinajstić information content (AvgIpc) is 2.71. The zero-order valence-corrected chi connectivity index (χ0v) is 19.0. The predicted octanol–water partition coefficient (Wildman–Crippen LogP) is 6.72. The maximum Gasteiger partial charge on any atom is 0.124 e. The predicted molar refractivity (Wildman–Crippen MR) is 122 cm³/mol. The second kappa shape index (κ2) is 8.07.